The lowest BCUT2D eigenvalue weighted by atomic mass is 10.1. The number of allylic oxidation sites excluding steroid dienone is 1. The lowest BCUT2D eigenvalue weighted by molar-refractivity contribution is -0.124. The van der Waals surface area contributed by atoms with Crippen molar-refractivity contribution < 1.29 is 4.79 Å². The molecule has 1 unspecified atom stereocenters. The maximum atomic E-state index is 11.7. The first-order valence-electron chi connectivity index (χ1n) is 6.94. The first-order chi connectivity index (χ1) is 9.25. The molecule has 1 N–H and O–H groups in total. The molecular weight excluding hydrogens is 236 g/mol. The van der Waals surface area contributed by atoms with Crippen LogP contribution in [0.3, 0.4) is 0 Å². The van der Waals surface area contributed by atoms with Crippen molar-refractivity contribution in [2.45, 2.75) is 19.9 Å². The smallest absolute Gasteiger partial charge is 0.223 e. The van der Waals surface area contributed by atoms with Gasteiger partial charge in [0.2, 0.25) is 5.91 Å². The van der Waals surface area contributed by atoms with Crippen LogP contribution in [0.5, 0.6) is 0 Å². The highest BCUT2D eigenvalue weighted by atomic mass is 16.1. The summed E-state index contributed by atoms with van der Waals surface area (Å²) in [6.07, 6.45) is 5.12. The Bertz CT molecular complexity index is 428. The fourth-order valence-electron chi connectivity index (χ4n) is 2.22. The first-order valence-corrected chi connectivity index (χ1v) is 6.94. The molecule has 0 spiro atoms. The highest BCUT2D eigenvalue weighted by molar-refractivity contribution is 5.78. The Balaban J connectivity index is 1.95. The summed E-state index contributed by atoms with van der Waals surface area (Å²) in [6, 6.07) is 10.5. The van der Waals surface area contributed by atoms with Gasteiger partial charge in [-0.05, 0) is 12.0 Å². The van der Waals surface area contributed by atoms with Crippen molar-refractivity contribution in [1.82, 2.24) is 10.2 Å². The van der Waals surface area contributed by atoms with E-state index in [2.05, 4.69) is 46.6 Å². The van der Waals surface area contributed by atoms with Crippen LogP contribution in [0, 0.1) is 5.92 Å². The van der Waals surface area contributed by atoms with E-state index in [-0.39, 0.29) is 11.8 Å². The number of amides is 1. The van der Waals surface area contributed by atoms with Crippen LogP contribution < -0.4 is 5.32 Å². The summed E-state index contributed by atoms with van der Waals surface area (Å²) in [4.78, 5) is 14.1. The molecule has 19 heavy (non-hydrogen) atoms. The van der Waals surface area contributed by atoms with E-state index in [0.29, 0.717) is 0 Å². The normalized spacial score (nSPS) is 23.6. The second kappa shape index (κ2) is 7.10. The van der Waals surface area contributed by atoms with Crippen molar-refractivity contribution in [3.63, 3.8) is 0 Å². The Kier molecular flexibility index (Phi) is 5.16. The van der Waals surface area contributed by atoms with Crippen LogP contribution in [0.2, 0.25) is 0 Å². The molecule has 0 aromatic heterocycles. The standard InChI is InChI=1S/C16H22N2O/c1-14-7-5-6-11-18(12-10-17-16(14)19)13-15-8-3-2-4-9-15/h2-6,8-9,14H,7,10-13H2,1H3,(H,17,19)/b6-5+. The molecule has 0 radical (unpaired) electrons. The van der Waals surface area contributed by atoms with Crippen molar-refractivity contribution in [1.29, 1.82) is 0 Å². The summed E-state index contributed by atoms with van der Waals surface area (Å²) in [5, 5.41) is 3.00. The lowest BCUT2D eigenvalue weighted by Gasteiger charge is -2.22. The molecule has 0 saturated heterocycles. The van der Waals surface area contributed by atoms with Crippen LogP contribution >= 0.6 is 0 Å². The number of rotatable bonds is 2. The molecule has 102 valence electrons. The van der Waals surface area contributed by atoms with E-state index in [1.54, 1.807) is 0 Å². The zero-order valence-electron chi connectivity index (χ0n) is 11.5. The van der Waals surface area contributed by atoms with Gasteiger partial charge in [-0.25, -0.2) is 0 Å². The predicted molar refractivity (Wildman–Crippen MR) is 77.6 cm³/mol. The number of carbonyl (C=O) groups excluding carboxylic acids is 1. The van der Waals surface area contributed by atoms with E-state index in [1.807, 2.05) is 13.0 Å². The largest absolute Gasteiger partial charge is 0.355 e. The average molecular weight is 258 g/mol. The molecule has 3 nitrogen and oxygen atoms in total. The third-order valence-corrected chi connectivity index (χ3v) is 3.44. The van der Waals surface area contributed by atoms with Crippen LogP contribution in [0.25, 0.3) is 0 Å². The molecule has 0 fully saturated rings. The zero-order chi connectivity index (χ0) is 13.5. The number of nitrogens with zero attached hydrogens (tertiary/aromatic N) is 1. The summed E-state index contributed by atoms with van der Waals surface area (Å²) in [7, 11) is 0. The monoisotopic (exact) mass is 258 g/mol. The maximum absolute atomic E-state index is 11.7. The van der Waals surface area contributed by atoms with E-state index in [9.17, 15) is 4.79 Å². The van der Waals surface area contributed by atoms with Crippen molar-refractivity contribution in [3.05, 3.63) is 48.0 Å². The van der Waals surface area contributed by atoms with Crippen LogP contribution in [0.15, 0.2) is 42.5 Å². The van der Waals surface area contributed by atoms with E-state index in [4.69, 9.17) is 0 Å². The molecule has 1 amide bonds. The SMILES string of the molecule is CC1C/C=C/CN(Cc2ccccc2)CCNC1=O. The van der Waals surface area contributed by atoms with Gasteiger partial charge < -0.3 is 5.32 Å². The number of nitrogens with one attached hydrogen (secondary N) is 1. The Morgan fingerprint density at radius 2 is 2.05 bits per heavy atom. The molecule has 2 rings (SSSR count). The molecular formula is C16H22N2O. The Morgan fingerprint density at radius 3 is 2.84 bits per heavy atom. The minimum absolute atomic E-state index is 0.0805. The van der Waals surface area contributed by atoms with Gasteiger partial charge in [0, 0.05) is 32.1 Å². The lowest BCUT2D eigenvalue weighted by Crippen LogP contribution is -2.37. The molecule has 1 atom stereocenters. The molecule has 1 aliphatic heterocycles. The van der Waals surface area contributed by atoms with Gasteiger partial charge in [-0.15, -0.1) is 0 Å². The first kappa shape index (κ1) is 13.8. The highest BCUT2D eigenvalue weighted by Crippen LogP contribution is 2.07. The number of hydrogen-bond donors (Lipinski definition) is 1. The molecule has 1 aromatic rings. The fourth-order valence-corrected chi connectivity index (χ4v) is 2.22. The van der Waals surface area contributed by atoms with E-state index >= 15 is 0 Å². The van der Waals surface area contributed by atoms with Gasteiger partial charge >= 0.3 is 0 Å². The molecule has 1 aliphatic rings. The van der Waals surface area contributed by atoms with Crippen LogP contribution in [0.4, 0.5) is 0 Å². The molecule has 0 saturated carbocycles. The minimum atomic E-state index is 0.0805. The van der Waals surface area contributed by atoms with Gasteiger partial charge in [-0.2, -0.15) is 0 Å². The predicted octanol–water partition coefficient (Wildman–Crippen LogP) is 2.20. The third kappa shape index (κ3) is 4.52. The van der Waals surface area contributed by atoms with Gasteiger partial charge in [-0.3, -0.25) is 9.69 Å². The summed E-state index contributed by atoms with van der Waals surface area (Å²) >= 11 is 0. The molecule has 1 aromatic carbocycles. The highest BCUT2D eigenvalue weighted by Gasteiger charge is 2.13. The second-order valence-corrected chi connectivity index (χ2v) is 5.12. The minimum Gasteiger partial charge on any atom is -0.355 e. The fraction of sp³-hybridized carbons (Fsp3) is 0.438. The average Bonchev–Trinajstić information content (AvgIpc) is 2.43. The number of benzene rings is 1. The number of carbonyl (C=O) groups is 1. The number of hydrogen-bond acceptors (Lipinski definition) is 2. The van der Waals surface area contributed by atoms with E-state index in [0.717, 1.165) is 32.6 Å². The van der Waals surface area contributed by atoms with Crippen LogP contribution in [0.1, 0.15) is 18.9 Å². The van der Waals surface area contributed by atoms with Gasteiger partial charge in [0.1, 0.15) is 0 Å². The van der Waals surface area contributed by atoms with Crippen LogP contribution in [-0.2, 0) is 11.3 Å². The van der Waals surface area contributed by atoms with Gasteiger partial charge in [0.05, 0.1) is 0 Å². The molecule has 3 heteroatoms. The summed E-state index contributed by atoms with van der Waals surface area (Å²) in [5.74, 6) is 0.239. The molecule has 1 heterocycles. The third-order valence-electron chi connectivity index (χ3n) is 3.44. The van der Waals surface area contributed by atoms with Crippen molar-refractivity contribution in [2.24, 2.45) is 5.92 Å². The van der Waals surface area contributed by atoms with Gasteiger partial charge in [0.15, 0.2) is 0 Å². The quantitative estimate of drug-likeness (QED) is 0.825. The zero-order valence-corrected chi connectivity index (χ0v) is 11.5. The molecule has 0 bridgehead atoms. The second-order valence-electron chi connectivity index (χ2n) is 5.12. The summed E-state index contributed by atoms with van der Waals surface area (Å²) in [5.41, 5.74) is 1.31. The maximum Gasteiger partial charge on any atom is 0.223 e. The molecule has 0 aliphatic carbocycles. The van der Waals surface area contributed by atoms with Gasteiger partial charge in [-0.1, -0.05) is 49.4 Å². The topological polar surface area (TPSA) is 32.3 Å². The Labute approximate surface area is 115 Å². The Morgan fingerprint density at radius 1 is 1.26 bits per heavy atom. The van der Waals surface area contributed by atoms with E-state index < -0.39 is 0 Å². The van der Waals surface area contributed by atoms with Crippen LogP contribution in [-0.4, -0.2) is 30.4 Å². The van der Waals surface area contributed by atoms with E-state index in [1.165, 1.54) is 5.56 Å². The Hall–Kier alpha value is -1.61. The van der Waals surface area contributed by atoms with Crippen molar-refractivity contribution >= 4 is 5.91 Å². The van der Waals surface area contributed by atoms with Gasteiger partial charge in [0.25, 0.3) is 0 Å². The summed E-state index contributed by atoms with van der Waals surface area (Å²) in [6.45, 7) is 5.46. The van der Waals surface area contributed by atoms with Crippen molar-refractivity contribution in [2.75, 3.05) is 19.6 Å². The summed E-state index contributed by atoms with van der Waals surface area (Å²) < 4.78 is 0. The van der Waals surface area contributed by atoms with Crippen molar-refractivity contribution in [3.8, 4) is 0 Å².